The minimum Gasteiger partial charge on any atom is -0.444 e. The molecule has 176 valence electrons. The zero-order valence-electron chi connectivity index (χ0n) is 19.5. The van der Waals surface area contributed by atoms with Gasteiger partial charge in [0.1, 0.15) is 5.60 Å². The van der Waals surface area contributed by atoms with Crippen LogP contribution in [0.4, 0.5) is 4.79 Å². The van der Waals surface area contributed by atoms with Crippen LogP contribution >= 0.6 is 24.0 Å². The van der Waals surface area contributed by atoms with Gasteiger partial charge >= 0.3 is 6.09 Å². The second-order valence-corrected chi connectivity index (χ2v) is 8.07. The van der Waals surface area contributed by atoms with Crippen molar-refractivity contribution in [2.75, 3.05) is 20.6 Å². The first-order chi connectivity index (χ1) is 14.2. The Bertz CT molecular complexity index is 719. The highest BCUT2D eigenvalue weighted by molar-refractivity contribution is 14.0. The van der Waals surface area contributed by atoms with Crippen molar-refractivity contribution >= 4 is 41.9 Å². The predicted molar refractivity (Wildman–Crippen MR) is 136 cm³/mol. The van der Waals surface area contributed by atoms with Crippen LogP contribution in [0.1, 0.15) is 62.9 Å². The summed E-state index contributed by atoms with van der Waals surface area (Å²) in [6.07, 6.45) is 2.54. The highest BCUT2D eigenvalue weighted by Gasteiger charge is 2.18. The second-order valence-electron chi connectivity index (χ2n) is 8.07. The molecule has 1 rings (SSSR count). The summed E-state index contributed by atoms with van der Waals surface area (Å²) in [6, 6.07) is 7.44. The van der Waals surface area contributed by atoms with Crippen LogP contribution in [-0.4, -0.2) is 50.2 Å². The van der Waals surface area contributed by atoms with Crippen molar-refractivity contribution in [3.8, 4) is 0 Å². The molecule has 0 aromatic heterocycles. The molecule has 1 unspecified atom stereocenters. The van der Waals surface area contributed by atoms with Gasteiger partial charge in [0.05, 0.1) is 0 Å². The average molecular weight is 547 g/mol. The van der Waals surface area contributed by atoms with E-state index >= 15 is 0 Å². The van der Waals surface area contributed by atoms with E-state index in [4.69, 9.17) is 4.74 Å². The Morgan fingerprint density at radius 2 is 1.90 bits per heavy atom. The molecule has 0 aliphatic rings. The van der Waals surface area contributed by atoms with Gasteiger partial charge in [-0.25, -0.2) is 4.79 Å². The summed E-state index contributed by atoms with van der Waals surface area (Å²) in [5, 5.41) is 12.1. The van der Waals surface area contributed by atoms with Gasteiger partial charge < -0.3 is 26.0 Å². The topological polar surface area (TPSA) is 104 Å². The maximum absolute atomic E-state index is 12.0. The number of alkyl carbamates (subject to hydrolysis) is 1. The van der Waals surface area contributed by atoms with Gasteiger partial charge in [-0.15, -0.1) is 24.0 Å². The summed E-state index contributed by atoms with van der Waals surface area (Å²) in [5.41, 5.74) is 1.05. The summed E-state index contributed by atoms with van der Waals surface area (Å²) in [5.74, 6) is 0.514. The number of unbranched alkanes of at least 4 members (excludes halogenated alkanes) is 1. The number of halogens is 1. The number of guanidine groups is 1. The van der Waals surface area contributed by atoms with Gasteiger partial charge in [0.15, 0.2) is 5.96 Å². The van der Waals surface area contributed by atoms with Gasteiger partial charge in [-0.2, -0.15) is 0 Å². The van der Waals surface area contributed by atoms with Crippen LogP contribution in [0.2, 0.25) is 0 Å². The molecule has 2 amide bonds. The number of ether oxygens (including phenoxy) is 1. The summed E-state index contributed by atoms with van der Waals surface area (Å²) < 4.78 is 5.31. The van der Waals surface area contributed by atoms with Crippen molar-refractivity contribution in [1.29, 1.82) is 0 Å². The first-order valence-corrected chi connectivity index (χ1v) is 10.4. The molecular weight excluding hydrogens is 509 g/mol. The van der Waals surface area contributed by atoms with Gasteiger partial charge in [0, 0.05) is 38.8 Å². The molecule has 0 aliphatic carbocycles. The minimum atomic E-state index is -0.531. The van der Waals surface area contributed by atoms with Crippen molar-refractivity contribution in [2.24, 2.45) is 4.99 Å². The SMILES string of the molecule is CCCCC(CNC(=O)OC(C)(C)C)NC(=NC)NCc1cccc(C(=O)NC)c1.I. The van der Waals surface area contributed by atoms with E-state index in [0.717, 1.165) is 24.8 Å². The number of amides is 2. The highest BCUT2D eigenvalue weighted by Crippen LogP contribution is 2.07. The van der Waals surface area contributed by atoms with E-state index < -0.39 is 11.7 Å². The van der Waals surface area contributed by atoms with Crippen LogP contribution in [0.25, 0.3) is 0 Å². The van der Waals surface area contributed by atoms with Crippen LogP contribution in [-0.2, 0) is 11.3 Å². The third kappa shape index (κ3) is 12.4. The number of hydrogen-bond donors (Lipinski definition) is 4. The average Bonchev–Trinajstić information content (AvgIpc) is 2.70. The summed E-state index contributed by atoms with van der Waals surface area (Å²) in [6.45, 7) is 8.59. The van der Waals surface area contributed by atoms with E-state index in [1.807, 2.05) is 39.0 Å². The Kier molecular flexibility index (Phi) is 13.9. The molecular formula is C22H38IN5O3. The number of carbonyl (C=O) groups excluding carboxylic acids is 2. The zero-order valence-corrected chi connectivity index (χ0v) is 21.8. The fourth-order valence-electron chi connectivity index (χ4n) is 2.74. The number of rotatable bonds is 9. The fourth-order valence-corrected chi connectivity index (χ4v) is 2.74. The molecule has 0 fully saturated rings. The number of hydrogen-bond acceptors (Lipinski definition) is 4. The summed E-state index contributed by atoms with van der Waals surface area (Å²) in [7, 11) is 3.31. The summed E-state index contributed by atoms with van der Waals surface area (Å²) >= 11 is 0. The van der Waals surface area contributed by atoms with E-state index in [0.29, 0.717) is 24.6 Å². The quantitative estimate of drug-likeness (QED) is 0.216. The Morgan fingerprint density at radius 3 is 2.48 bits per heavy atom. The standard InChI is InChI=1S/C22H37N5O3.HI/c1-7-8-12-18(15-26-21(29)30-22(2,3)4)27-20(24-6)25-14-16-10-9-11-17(13-16)19(28)23-5;/h9-11,13,18H,7-8,12,14-15H2,1-6H3,(H,23,28)(H,26,29)(H2,24,25,27);1H. The molecule has 31 heavy (non-hydrogen) atoms. The van der Waals surface area contributed by atoms with Gasteiger partial charge in [-0.3, -0.25) is 9.79 Å². The largest absolute Gasteiger partial charge is 0.444 e. The molecule has 0 saturated heterocycles. The number of nitrogens with zero attached hydrogens (tertiary/aromatic N) is 1. The Labute approximate surface area is 203 Å². The van der Waals surface area contributed by atoms with Gasteiger partial charge in [-0.05, 0) is 44.9 Å². The molecule has 0 spiro atoms. The molecule has 0 aliphatic heterocycles. The van der Waals surface area contributed by atoms with E-state index in [-0.39, 0.29) is 35.9 Å². The number of aliphatic imine (C=N–C) groups is 1. The van der Waals surface area contributed by atoms with Gasteiger partial charge in [-0.1, -0.05) is 31.9 Å². The van der Waals surface area contributed by atoms with Crippen molar-refractivity contribution in [1.82, 2.24) is 21.3 Å². The van der Waals surface area contributed by atoms with E-state index in [9.17, 15) is 9.59 Å². The number of carbonyl (C=O) groups is 2. The summed E-state index contributed by atoms with van der Waals surface area (Å²) in [4.78, 5) is 28.1. The first kappa shape index (κ1) is 29.0. The molecule has 0 saturated carbocycles. The highest BCUT2D eigenvalue weighted by atomic mass is 127. The van der Waals surface area contributed by atoms with Crippen LogP contribution in [0, 0.1) is 0 Å². The molecule has 0 radical (unpaired) electrons. The maximum atomic E-state index is 12.0. The number of nitrogens with one attached hydrogen (secondary N) is 4. The van der Waals surface area contributed by atoms with E-state index in [2.05, 4.69) is 33.2 Å². The van der Waals surface area contributed by atoms with Crippen LogP contribution in [0.5, 0.6) is 0 Å². The molecule has 4 N–H and O–H groups in total. The van der Waals surface area contributed by atoms with Crippen LogP contribution in [0.3, 0.4) is 0 Å². The van der Waals surface area contributed by atoms with Crippen molar-refractivity contribution in [3.63, 3.8) is 0 Å². The molecule has 1 aromatic rings. The Balaban J connectivity index is 0.00000900. The third-order valence-corrected chi connectivity index (χ3v) is 4.24. The minimum absolute atomic E-state index is 0. The molecule has 0 heterocycles. The lowest BCUT2D eigenvalue weighted by Crippen LogP contribution is -2.48. The monoisotopic (exact) mass is 547 g/mol. The Hall–Kier alpha value is -2.04. The fraction of sp³-hybridized carbons (Fsp3) is 0.591. The first-order valence-electron chi connectivity index (χ1n) is 10.4. The lowest BCUT2D eigenvalue weighted by Gasteiger charge is -2.24. The number of benzene rings is 1. The zero-order chi connectivity index (χ0) is 22.6. The molecule has 0 bridgehead atoms. The van der Waals surface area contributed by atoms with Crippen LogP contribution in [0.15, 0.2) is 29.3 Å². The predicted octanol–water partition coefficient (Wildman–Crippen LogP) is 3.41. The van der Waals surface area contributed by atoms with Crippen molar-refractivity contribution in [2.45, 2.75) is 65.1 Å². The normalized spacial score (nSPS) is 12.3. The van der Waals surface area contributed by atoms with Crippen LogP contribution < -0.4 is 21.3 Å². The lowest BCUT2D eigenvalue weighted by molar-refractivity contribution is 0.0522. The lowest BCUT2D eigenvalue weighted by atomic mass is 10.1. The second kappa shape index (κ2) is 14.9. The molecule has 9 heteroatoms. The smallest absolute Gasteiger partial charge is 0.407 e. The third-order valence-electron chi connectivity index (χ3n) is 4.24. The van der Waals surface area contributed by atoms with Gasteiger partial charge in [0.2, 0.25) is 0 Å². The van der Waals surface area contributed by atoms with Gasteiger partial charge in [0.25, 0.3) is 5.91 Å². The van der Waals surface area contributed by atoms with Crippen molar-refractivity contribution in [3.05, 3.63) is 35.4 Å². The molecule has 1 aromatic carbocycles. The maximum Gasteiger partial charge on any atom is 0.407 e. The molecule has 8 nitrogen and oxygen atoms in total. The molecule has 1 atom stereocenters. The van der Waals surface area contributed by atoms with Crippen molar-refractivity contribution < 1.29 is 14.3 Å². The van der Waals surface area contributed by atoms with E-state index in [1.165, 1.54) is 0 Å². The van der Waals surface area contributed by atoms with E-state index in [1.54, 1.807) is 20.2 Å². The Morgan fingerprint density at radius 1 is 1.19 bits per heavy atom.